The summed E-state index contributed by atoms with van der Waals surface area (Å²) >= 11 is 0. The van der Waals surface area contributed by atoms with Gasteiger partial charge in [-0.15, -0.1) is 0 Å². The highest BCUT2D eigenvalue weighted by Crippen LogP contribution is 2.27. The molecule has 0 saturated carbocycles. The van der Waals surface area contributed by atoms with Crippen LogP contribution in [0.5, 0.6) is 0 Å². The van der Waals surface area contributed by atoms with Crippen LogP contribution in [0.3, 0.4) is 0 Å². The molecule has 0 radical (unpaired) electrons. The van der Waals surface area contributed by atoms with Gasteiger partial charge in [0, 0.05) is 12.1 Å². The molecule has 0 fully saturated rings. The molecule has 0 saturated heterocycles. The number of hydrogen-bond donors (Lipinski definition) is 0. The molecular formula is C21H20N2O6. The Morgan fingerprint density at radius 2 is 1.69 bits per heavy atom. The highest BCUT2D eigenvalue weighted by molar-refractivity contribution is 6.22. The normalized spacial score (nSPS) is 14.1. The van der Waals surface area contributed by atoms with Gasteiger partial charge in [-0.2, -0.15) is 0 Å². The maximum atomic E-state index is 12.8. The van der Waals surface area contributed by atoms with Crippen molar-refractivity contribution >= 4 is 23.5 Å². The van der Waals surface area contributed by atoms with E-state index >= 15 is 0 Å². The SMILES string of the molecule is CC(C)C[C@@H](C(=O)OCc1cccc([N+](=O)[O-])c1)N1C(=O)c2ccccc2C1=O. The number of non-ortho nitro benzene ring substituents is 1. The van der Waals surface area contributed by atoms with E-state index in [1.165, 1.54) is 18.2 Å². The third-order valence-corrected chi connectivity index (χ3v) is 4.61. The first-order valence-corrected chi connectivity index (χ1v) is 9.16. The van der Waals surface area contributed by atoms with Crippen molar-refractivity contribution in [3.05, 3.63) is 75.3 Å². The maximum absolute atomic E-state index is 12.8. The first-order chi connectivity index (χ1) is 13.8. The second kappa shape index (κ2) is 8.22. The first-order valence-electron chi connectivity index (χ1n) is 9.16. The van der Waals surface area contributed by atoms with Gasteiger partial charge in [0.25, 0.3) is 17.5 Å². The predicted molar refractivity (Wildman–Crippen MR) is 103 cm³/mol. The number of carbonyl (C=O) groups is 3. The van der Waals surface area contributed by atoms with E-state index in [0.29, 0.717) is 5.56 Å². The third-order valence-electron chi connectivity index (χ3n) is 4.61. The van der Waals surface area contributed by atoms with Crippen LogP contribution in [0.15, 0.2) is 48.5 Å². The van der Waals surface area contributed by atoms with E-state index in [1.807, 2.05) is 13.8 Å². The van der Waals surface area contributed by atoms with Crippen LogP contribution in [0.4, 0.5) is 5.69 Å². The summed E-state index contributed by atoms with van der Waals surface area (Å²) in [6.45, 7) is 3.55. The number of hydrogen-bond acceptors (Lipinski definition) is 6. The molecule has 2 amide bonds. The van der Waals surface area contributed by atoms with Crippen molar-refractivity contribution in [1.82, 2.24) is 4.90 Å². The van der Waals surface area contributed by atoms with Gasteiger partial charge in [-0.1, -0.05) is 38.1 Å². The van der Waals surface area contributed by atoms with E-state index in [9.17, 15) is 24.5 Å². The molecule has 150 valence electrons. The molecule has 1 aliphatic heterocycles. The lowest BCUT2D eigenvalue weighted by Gasteiger charge is -2.26. The van der Waals surface area contributed by atoms with Crippen molar-refractivity contribution in [2.45, 2.75) is 32.9 Å². The molecule has 2 aromatic carbocycles. The Labute approximate surface area is 167 Å². The Kier molecular flexibility index (Phi) is 5.72. The molecule has 0 unspecified atom stereocenters. The summed E-state index contributed by atoms with van der Waals surface area (Å²) in [5.74, 6) is -1.75. The topological polar surface area (TPSA) is 107 Å². The van der Waals surface area contributed by atoms with Gasteiger partial charge in [0.2, 0.25) is 0 Å². The monoisotopic (exact) mass is 396 g/mol. The number of esters is 1. The van der Waals surface area contributed by atoms with Gasteiger partial charge in [-0.05, 0) is 30.0 Å². The van der Waals surface area contributed by atoms with Crippen molar-refractivity contribution in [3.8, 4) is 0 Å². The number of rotatable bonds is 7. The third kappa shape index (κ3) is 4.16. The number of fused-ring (bicyclic) bond motifs is 1. The van der Waals surface area contributed by atoms with Crippen molar-refractivity contribution in [2.24, 2.45) is 5.92 Å². The minimum atomic E-state index is -1.07. The Bertz CT molecular complexity index is 950. The summed E-state index contributed by atoms with van der Waals surface area (Å²) in [5.41, 5.74) is 0.853. The molecule has 0 spiro atoms. The number of benzene rings is 2. The van der Waals surface area contributed by atoms with Crippen LogP contribution >= 0.6 is 0 Å². The molecular weight excluding hydrogens is 376 g/mol. The van der Waals surface area contributed by atoms with E-state index in [2.05, 4.69) is 0 Å². The zero-order valence-electron chi connectivity index (χ0n) is 16.0. The largest absolute Gasteiger partial charge is 0.459 e. The Morgan fingerprint density at radius 3 is 2.24 bits per heavy atom. The summed E-state index contributed by atoms with van der Waals surface area (Å²) in [4.78, 5) is 49.6. The fourth-order valence-electron chi connectivity index (χ4n) is 3.25. The van der Waals surface area contributed by atoms with Gasteiger partial charge in [0.1, 0.15) is 12.6 Å². The van der Waals surface area contributed by atoms with Crippen LogP contribution in [-0.4, -0.2) is 33.6 Å². The number of ether oxygens (including phenoxy) is 1. The molecule has 29 heavy (non-hydrogen) atoms. The van der Waals surface area contributed by atoms with Gasteiger partial charge in [0.15, 0.2) is 0 Å². The maximum Gasteiger partial charge on any atom is 0.329 e. The van der Waals surface area contributed by atoms with Crippen LogP contribution in [0, 0.1) is 16.0 Å². The van der Waals surface area contributed by atoms with Crippen LogP contribution in [0.2, 0.25) is 0 Å². The molecule has 0 aliphatic carbocycles. The van der Waals surface area contributed by atoms with Gasteiger partial charge in [-0.25, -0.2) is 4.79 Å². The number of amides is 2. The van der Waals surface area contributed by atoms with Gasteiger partial charge in [0.05, 0.1) is 16.1 Å². The molecule has 8 heteroatoms. The number of nitro groups is 1. The van der Waals surface area contributed by atoms with E-state index in [0.717, 1.165) is 4.90 Å². The van der Waals surface area contributed by atoms with Gasteiger partial charge >= 0.3 is 5.97 Å². The van der Waals surface area contributed by atoms with Crippen LogP contribution in [-0.2, 0) is 16.1 Å². The lowest BCUT2D eigenvalue weighted by atomic mass is 10.0. The standard InChI is InChI=1S/C21H20N2O6/c1-13(2)10-18(22-19(24)16-8-3-4-9-17(16)20(22)25)21(26)29-12-14-6-5-7-15(11-14)23(27)28/h3-9,11,13,18H,10,12H2,1-2H3/t18-/m0/s1. The van der Waals surface area contributed by atoms with Crippen molar-refractivity contribution in [1.29, 1.82) is 0 Å². The fourth-order valence-corrected chi connectivity index (χ4v) is 3.25. The average Bonchev–Trinajstić information content (AvgIpc) is 2.95. The molecule has 8 nitrogen and oxygen atoms in total. The Balaban J connectivity index is 1.80. The van der Waals surface area contributed by atoms with Gasteiger partial charge in [-0.3, -0.25) is 24.6 Å². The molecule has 3 rings (SSSR count). The van der Waals surface area contributed by atoms with Crippen molar-refractivity contribution < 1.29 is 24.0 Å². The van der Waals surface area contributed by atoms with E-state index in [4.69, 9.17) is 4.74 Å². The quantitative estimate of drug-likeness (QED) is 0.307. The molecule has 0 N–H and O–H groups in total. The highest BCUT2D eigenvalue weighted by Gasteiger charge is 2.43. The van der Waals surface area contributed by atoms with Crippen LogP contribution < -0.4 is 0 Å². The second-order valence-corrected chi connectivity index (χ2v) is 7.21. The number of nitrogens with zero attached hydrogens (tertiary/aromatic N) is 2. The minimum absolute atomic E-state index is 0.0228. The Morgan fingerprint density at radius 1 is 1.07 bits per heavy atom. The molecule has 0 bridgehead atoms. The summed E-state index contributed by atoms with van der Waals surface area (Å²) in [7, 11) is 0. The fraction of sp³-hybridized carbons (Fsp3) is 0.286. The van der Waals surface area contributed by atoms with Crippen molar-refractivity contribution in [3.63, 3.8) is 0 Å². The zero-order chi connectivity index (χ0) is 21.1. The molecule has 1 atom stereocenters. The van der Waals surface area contributed by atoms with Crippen molar-refractivity contribution in [2.75, 3.05) is 0 Å². The lowest BCUT2D eigenvalue weighted by molar-refractivity contribution is -0.384. The minimum Gasteiger partial charge on any atom is -0.459 e. The van der Waals surface area contributed by atoms with E-state index in [1.54, 1.807) is 30.3 Å². The number of nitro benzene ring substituents is 1. The predicted octanol–water partition coefficient (Wildman–Crippen LogP) is 3.35. The zero-order valence-corrected chi connectivity index (χ0v) is 16.0. The molecule has 1 heterocycles. The average molecular weight is 396 g/mol. The Hall–Kier alpha value is -3.55. The number of imide groups is 1. The lowest BCUT2D eigenvalue weighted by Crippen LogP contribution is -2.46. The summed E-state index contributed by atoms with van der Waals surface area (Å²) < 4.78 is 5.33. The van der Waals surface area contributed by atoms with Gasteiger partial charge < -0.3 is 4.74 Å². The first kappa shape index (κ1) is 20.2. The summed E-state index contributed by atoms with van der Waals surface area (Å²) in [5, 5.41) is 10.9. The molecule has 0 aromatic heterocycles. The molecule has 2 aromatic rings. The second-order valence-electron chi connectivity index (χ2n) is 7.21. The van der Waals surface area contributed by atoms with E-state index in [-0.39, 0.29) is 35.8 Å². The summed E-state index contributed by atoms with van der Waals surface area (Å²) in [6, 6.07) is 11.1. The number of carbonyl (C=O) groups excluding carboxylic acids is 3. The van der Waals surface area contributed by atoms with Crippen LogP contribution in [0.25, 0.3) is 0 Å². The molecule has 1 aliphatic rings. The highest BCUT2D eigenvalue weighted by atomic mass is 16.6. The summed E-state index contributed by atoms with van der Waals surface area (Å²) in [6.07, 6.45) is 0.249. The smallest absolute Gasteiger partial charge is 0.329 e. The van der Waals surface area contributed by atoms with E-state index < -0.39 is 28.7 Å². The van der Waals surface area contributed by atoms with Crippen LogP contribution in [0.1, 0.15) is 46.5 Å².